The van der Waals surface area contributed by atoms with Crippen molar-refractivity contribution in [3.63, 3.8) is 0 Å². The fourth-order valence-corrected chi connectivity index (χ4v) is 4.14. The first kappa shape index (κ1) is 13.9. The zero-order chi connectivity index (χ0) is 14.2. The van der Waals surface area contributed by atoms with Crippen molar-refractivity contribution < 1.29 is 9.90 Å². The van der Waals surface area contributed by atoms with Crippen molar-refractivity contribution in [3.8, 4) is 0 Å². The maximum Gasteiger partial charge on any atom is 0.303 e. The Morgan fingerprint density at radius 1 is 1.40 bits per heavy atom. The molecule has 3 nitrogen and oxygen atoms in total. The van der Waals surface area contributed by atoms with Crippen molar-refractivity contribution in [3.05, 3.63) is 34.3 Å². The molecule has 0 amide bonds. The third-order valence-corrected chi connectivity index (χ3v) is 5.17. The number of carboxylic acid groups (broad SMARTS) is 1. The number of fused-ring (bicyclic) bond motifs is 2. The molecule has 1 saturated heterocycles. The lowest BCUT2D eigenvalue weighted by atomic mass is 9.73. The predicted octanol–water partition coefficient (Wildman–Crippen LogP) is 3.31. The number of nitrogens with one attached hydrogen (secondary N) is 1. The van der Waals surface area contributed by atoms with E-state index in [0.29, 0.717) is 5.92 Å². The van der Waals surface area contributed by atoms with E-state index in [2.05, 4.69) is 17.4 Å². The Balaban J connectivity index is 1.93. The molecule has 4 heteroatoms. The van der Waals surface area contributed by atoms with E-state index in [-0.39, 0.29) is 11.8 Å². The average molecular weight is 294 g/mol. The van der Waals surface area contributed by atoms with E-state index in [9.17, 15) is 4.79 Å². The third-order valence-electron chi connectivity index (χ3n) is 4.93. The van der Waals surface area contributed by atoms with Crippen molar-refractivity contribution in [2.75, 3.05) is 13.1 Å². The lowest BCUT2D eigenvalue weighted by Gasteiger charge is -2.35. The van der Waals surface area contributed by atoms with E-state index in [0.717, 1.165) is 43.8 Å². The van der Waals surface area contributed by atoms with Crippen LogP contribution in [-0.2, 0) is 10.2 Å². The SMILES string of the molecule is O=C(O)CCC1CC2(CCNCC2)c2cc(Cl)ccc21. The van der Waals surface area contributed by atoms with E-state index in [4.69, 9.17) is 16.7 Å². The van der Waals surface area contributed by atoms with E-state index >= 15 is 0 Å². The van der Waals surface area contributed by atoms with Crippen LogP contribution in [0, 0.1) is 0 Å². The molecular formula is C16H20ClNO2. The zero-order valence-corrected chi connectivity index (χ0v) is 12.2. The molecule has 0 bridgehead atoms. The van der Waals surface area contributed by atoms with Crippen LogP contribution in [0.1, 0.15) is 49.1 Å². The minimum absolute atomic E-state index is 0.217. The van der Waals surface area contributed by atoms with Gasteiger partial charge in [-0.05, 0) is 73.4 Å². The Morgan fingerprint density at radius 3 is 2.85 bits per heavy atom. The summed E-state index contributed by atoms with van der Waals surface area (Å²) in [7, 11) is 0. The number of benzene rings is 1. The van der Waals surface area contributed by atoms with Gasteiger partial charge in [0.05, 0.1) is 0 Å². The topological polar surface area (TPSA) is 49.3 Å². The molecule has 1 aliphatic carbocycles. The quantitative estimate of drug-likeness (QED) is 0.899. The number of carbonyl (C=O) groups is 1. The minimum Gasteiger partial charge on any atom is -0.481 e. The highest BCUT2D eigenvalue weighted by Crippen LogP contribution is 2.52. The summed E-state index contributed by atoms with van der Waals surface area (Å²) in [5, 5.41) is 13.1. The molecule has 1 aliphatic heterocycles. The van der Waals surface area contributed by atoms with Gasteiger partial charge in [0.1, 0.15) is 0 Å². The molecule has 1 fully saturated rings. The summed E-state index contributed by atoms with van der Waals surface area (Å²) >= 11 is 6.19. The number of hydrogen-bond donors (Lipinski definition) is 2. The van der Waals surface area contributed by atoms with E-state index < -0.39 is 5.97 Å². The summed E-state index contributed by atoms with van der Waals surface area (Å²) in [6.45, 7) is 2.08. The first-order valence-corrected chi connectivity index (χ1v) is 7.71. The molecule has 2 aliphatic rings. The van der Waals surface area contributed by atoms with E-state index in [1.807, 2.05) is 6.07 Å². The highest BCUT2D eigenvalue weighted by molar-refractivity contribution is 6.30. The van der Waals surface area contributed by atoms with Gasteiger partial charge in [-0.2, -0.15) is 0 Å². The van der Waals surface area contributed by atoms with Gasteiger partial charge in [-0.3, -0.25) is 4.79 Å². The number of rotatable bonds is 3. The molecule has 20 heavy (non-hydrogen) atoms. The standard InChI is InChI=1S/C16H20ClNO2/c17-12-2-3-13-11(1-4-15(19)20)10-16(14(13)9-12)5-7-18-8-6-16/h2-3,9,11,18H,1,4-8,10H2,(H,19,20). The molecular weight excluding hydrogens is 274 g/mol. The average Bonchev–Trinajstić information content (AvgIpc) is 2.71. The highest BCUT2D eigenvalue weighted by atomic mass is 35.5. The van der Waals surface area contributed by atoms with Crippen molar-refractivity contribution in [2.45, 2.75) is 43.4 Å². The van der Waals surface area contributed by atoms with Crippen molar-refractivity contribution in [1.29, 1.82) is 0 Å². The molecule has 1 aromatic rings. The van der Waals surface area contributed by atoms with Crippen LogP contribution in [0.2, 0.25) is 5.02 Å². The van der Waals surface area contributed by atoms with Crippen LogP contribution in [0.3, 0.4) is 0 Å². The van der Waals surface area contributed by atoms with Crippen LogP contribution < -0.4 is 5.32 Å². The predicted molar refractivity (Wildman–Crippen MR) is 79.5 cm³/mol. The lowest BCUT2D eigenvalue weighted by molar-refractivity contribution is -0.137. The Hall–Kier alpha value is -1.06. The van der Waals surface area contributed by atoms with Gasteiger partial charge in [0.2, 0.25) is 0 Å². The molecule has 1 aromatic carbocycles. The second-order valence-electron chi connectivity index (χ2n) is 6.10. The first-order chi connectivity index (χ1) is 9.61. The Labute approximate surface area is 124 Å². The third kappa shape index (κ3) is 2.45. The van der Waals surface area contributed by atoms with Crippen LogP contribution in [0.25, 0.3) is 0 Å². The fraction of sp³-hybridized carbons (Fsp3) is 0.562. The smallest absolute Gasteiger partial charge is 0.303 e. The van der Waals surface area contributed by atoms with Gasteiger partial charge in [0.25, 0.3) is 0 Å². The van der Waals surface area contributed by atoms with Crippen LogP contribution >= 0.6 is 11.6 Å². The van der Waals surface area contributed by atoms with Crippen LogP contribution in [0.4, 0.5) is 0 Å². The van der Waals surface area contributed by atoms with Gasteiger partial charge >= 0.3 is 5.97 Å². The summed E-state index contributed by atoms with van der Waals surface area (Å²) < 4.78 is 0. The number of piperidine rings is 1. The normalized spacial score (nSPS) is 23.8. The molecule has 1 atom stereocenters. The second-order valence-corrected chi connectivity index (χ2v) is 6.53. The van der Waals surface area contributed by atoms with Crippen LogP contribution in [0.5, 0.6) is 0 Å². The summed E-state index contributed by atoms with van der Waals surface area (Å²) in [6.07, 6.45) is 4.33. The van der Waals surface area contributed by atoms with Crippen LogP contribution in [0.15, 0.2) is 18.2 Å². The molecule has 1 unspecified atom stereocenters. The number of halogens is 1. The maximum absolute atomic E-state index is 10.9. The summed E-state index contributed by atoms with van der Waals surface area (Å²) in [5.74, 6) is -0.330. The number of carboxylic acids is 1. The van der Waals surface area contributed by atoms with Gasteiger partial charge < -0.3 is 10.4 Å². The van der Waals surface area contributed by atoms with Gasteiger partial charge in [-0.15, -0.1) is 0 Å². The number of hydrogen-bond acceptors (Lipinski definition) is 2. The summed E-state index contributed by atoms with van der Waals surface area (Å²) in [6, 6.07) is 6.16. The minimum atomic E-state index is -0.702. The van der Waals surface area contributed by atoms with Gasteiger partial charge in [-0.1, -0.05) is 17.7 Å². The highest BCUT2D eigenvalue weighted by Gasteiger charge is 2.44. The van der Waals surface area contributed by atoms with Crippen molar-refractivity contribution in [2.24, 2.45) is 0 Å². The molecule has 2 N–H and O–H groups in total. The zero-order valence-electron chi connectivity index (χ0n) is 11.5. The largest absolute Gasteiger partial charge is 0.481 e. The second kappa shape index (κ2) is 5.38. The summed E-state index contributed by atoms with van der Waals surface area (Å²) in [4.78, 5) is 10.9. The molecule has 1 heterocycles. The van der Waals surface area contributed by atoms with Gasteiger partial charge in [0, 0.05) is 11.4 Å². The first-order valence-electron chi connectivity index (χ1n) is 7.33. The molecule has 0 aromatic heterocycles. The fourth-order valence-electron chi connectivity index (χ4n) is 3.97. The molecule has 3 rings (SSSR count). The van der Waals surface area contributed by atoms with Crippen LogP contribution in [-0.4, -0.2) is 24.2 Å². The van der Waals surface area contributed by atoms with Crippen molar-refractivity contribution >= 4 is 17.6 Å². The monoisotopic (exact) mass is 293 g/mol. The molecule has 108 valence electrons. The van der Waals surface area contributed by atoms with Crippen molar-refractivity contribution in [1.82, 2.24) is 5.32 Å². The van der Waals surface area contributed by atoms with E-state index in [1.165, 1.54) is 11.1 Å². The lowest BCUT2D eigenvalue weighted by Crippen LogP contribution is -2.38. The molecule has 0 radical (unpaired) electrons. The van der Waals surface area contributed by atoms with E-state index in [1.54, 1.807) is 0 Å². The number of aliphatic carboxylic acids is 1. The summed E-state index contributed by atoms with van der Waals surface area (Å²) in [5.41, 5.74) is 2.92. The van der Waals surface area contributed by atoms with Gasteiger partial charge in [0.15, 0.2) is 0 Å². The molecule has 1 spiro atoms. The Morgan fingerprint density at radius 2 is 2.15 bits per heavy atom. The Bertz CT molecular complexity index is 523. The molecule has 0 saturated carbocycles. The Kier molecular flexibility index (Phi) is 3.74. The van der Waals surface area contributed by atoms with Gasteiger partial charge in [-0.25, -0.2) is 0 Å². The maximum atomic E-state index is 10.9.